The lowest BCUT2D eigenvalue weighted by atomic mass is 10.2. The molecule has 1 aromatic heterocycles. The van der Waals surface area contributed by atoms with Gasteiger partial charge in [0.05, 0.1) is 16.1 Å². The van der Waals surface area contributed by atoms with Crippen molar-refractivity contribution in [1.29, 1.82) is 0 Å². The van der Waals surface area contributed by atoms with Crippen LogP contribution >= 0.6 is 11.6 Å². The van der Waals surface area contributed by atoms with Crippen molar-refractivity contribution in [2.24, 2.45) is 0 Å². The fraction of sp³-hybridized carbons (Fsp3) is 0.167. The molecule has 28 heavy (non-hydrogen) atoms. The molecule has 3 rings (SSSR count). The van der Waals surface area contributed by atoms with E-state index in [0.717, 1.165) is 6.07 Å². The zero-order valence-corrected chi connectivity index (χ0v) is 15.1. The van der Waals surface area contributed by atoms with Crippen molar-refractivity contribution < 1.29 is 27.5 Å². The lowest BCUT2D eigenvalue weighted by Crippen LogP contribution is -2.30. The number of anilines is 1. The number of aromatic amines is 1. The molecule has 1 atom stereocenters. The van der Waals surface area contributed by atoms with Gasteiger partial charge >= 0.3 is 12.1 Å². The van der Waals surface area contributed by atoms with Crippen LogP contribution in [0.5, 0.6) is 0 Å². The average molecular weight is 412 g/mol. The highest BCUT2D eigenvalue weighted by Gasteiger charge is 2.33. The van der Waals surface area contributed by atoms with Gasteiger partial charge in [0.15, 0.2) is 11.8 Å². The summed E-state index contributed by atoms with van der Waals surface area (Å²) in [5, 5.41) is 8.83. The van der Waals surface area contributed by atoms with Crippen molar-refractivity contribution in [1.82, 2.24) is 10.2 Å². The van der Waals surface area contributed by atoms with Gasteiger partial charge in [0.1, 0.15) is 0 Å². The van der Waals surface area contributed by atoms with Gasteiger partial charge in [-0.2, -0.15) is 18.3 Å². The minimum Gasteiger partial charge on any atom is -0.448 e. The molecule has 0 radical (unpaired) electrons. The topological polar surface area (TPSA) is 84.1 Å². The van der Waals surface area contributed by atoms with Gasteiger partial charge in [-0.05, 0) is 31.2 Å². The molecule has 0 fully saturated rings. The number of halogens is 4. The molecule has 2 aromatic carbocycles. The number of rotatable bonds is 4. The second-order valence-electron chi connectivity index (χ2n) is 5.85. The van der Waals surface area contributed by atoms with E-state index in [1.807, 2.05) is 0 Å². The Morgan fingerprint density at radius 3 is 2.64 bits per heavy atom. The molecule has 0 spiro atoms. The highest BCUT2D eigenvalue weighted by atomic mass is 35.5. The molecule has 0 saturated carbocycles. The highest BCUT2D eigenvalue weighted by molar-refractivity contribution is 6.31. The van der Waals surface area contributed by atoms with Gasteiger partial charge in [-0.1, -0.05) is 29.8 Å². The third-order valence-electron chi connectivity index (χ3n) is 3.86. The maximum atomic E-state index is 12.9. The highest BCUT2D eigenvalue weighted by Crippen LogP contribution is 2.36. The van der Waals surface area contributed by atoms with E-state index in [2.05, 4.69) is 15.5 Å². The Kier molecular flexibility index (Phi) is 5.28. The van der Waals surface area contributed by atoms with Crippen molar-refractivity contribution in [2.75, 3.05) is 5.32 Å². The summed E-state index contributed by atoms with van der Waals surface area (Å²) in [6.07, 6.45) is -5.94. The molecule has 0 aliphatic rings. The van der Waals surface area contributed by atoms with Crippen LogP contribution in [0.2, 0.25) is 5.02 Å². The second-order valence-corrected chi connectivity index (χ2v) is 6.25. The predicted octanol–water partition coefficient (Wildman–Crippen LogP) is 4.42. The Morgan fingerprint density at radius 2 is 1.93 bits per heavy atom. The Hall–Kier alpha value is -3.07. The number of carbonyl (C=O) groups excluding carboxylic acids is 2. The smallest absolute Gasteiger partial charge is 0.417 e. The monoisotopic (exact) mass is 411 g/mol. The first-order valence-corrected chi connectivity index (χ1v) is 8.36. The first-order valence-electron chi connectivity index (χ1n) is 7.98. The second kappa shape index (κ2) is 7.51. The van der Waals surface area contributed by atoms with Gasteiger partial charge < -0.3 is 10.1 Å². The fourth-order valence-corrected chi connectivity index (χ4v) is 2.68. The van der Waals surface area contributed by atoms with Crippen LogP contribution in [-0.2, 0) is 15.7 Å². The summed E-state index contributed by atoms with van der Waals surface area (Å²) >= 11 is 5.54. The fourth-order valence-electron chi connectivity index (χ4n) is 2.45. The minimum absolute atomic E-state index is 0.00102. The zero-order valence-electron chi connectivity index (χ0n) is 14.3. The maximum Gasteiger partial charge on any atom is 0.417 e. The molecule has 6 nitrogen and oxygen atoms in total. The first-order chi connectivity index (χ1) is 13.2. The summed E-state index contributed by atoms with van der Waals surface area (Å²) < 4.78 is 43.8. The lowest BCUT2D eigenvalue weighted by molar-refractivity contribution is -0.137. The predicted molar refractivity (Wildman–Crippen MR) is 96.1 cm³/mol. The standard InChI is InChI=1S/C18H13ClF3N3O3/c1-9(28-17(27)15-11-4-2-3-5-14(11)24-25-15)16(26)23-10-6-7-13(19)12(8-10)18(20,21)22/h2-9H,1H3,(H,23,26)(H,24,25). The van der Waals surface area contributed by atoms with Crippen molar-refractivity contribution in [3.05, 3.63) is 58.7 Å². The Morgan fingerprint density at radius 1 is 1.21 bits per heavy atom. The summed E-state index contributed by atoms with van der Waals surface area (Å²) in [6, 6.07) is 9.78. The van der Waals surface area contributed by atoms with Gasteiger partial charge in [0.2, 0.25) is 0 Å². The number of esters is 1. The molecule has 2 N–H and O–H groups in total. The number of nitrogens with zero attached hydrogens (tertiary/aromatic N) is 1. The largest absolute Gasteiger partial charge is 0.448 e. The number of hydrogen-bond acceptors (Lipinski definition) is 4. The number of fused-ring (bicyclic) bond motifs is 1. The number of benzene rings is 2. The van der Waals surface area contributed by atoms with E-state index in [9.17, 15) is 22.8 Å². The molecule has 0 aliphatic carbocycles. The summed E-state index contributed by atoms with van der Waals surface area (Å²) in [5.41, 5.74) is -0.594. The number of alkyl halides is 3. The quantitative estimate of drug-likeness (QED) is 0.622. The molecule has 10 heteroatoms. The summed E-state index contributed by atoms with van der Waals surface area (Å²) in [7, 11) is 0. The number of aromatic nitrogens is 2. The van der Waals surface area contributed by atoms with E-state index in [-0.39, 0.29) is 11.4 Å². The van der Waals surface area contributed by atoms with Crippen LogP contribution in [0.3, 0.4) is 0 Å². The van der Waals surface area contributed by atoms with Gasteiger partial charge in [0.25, 0.3) is 5.91 Å². The lowest BCUT2D eigenvalue weighted by Gasteiger charge is -2.15. The van der Waals surface area contributed by atoms with Crippen molar-refractivity contribution in [3.8, 4) is 0 Å². The van der Waals surface area contributed by atoms with Crippen LogP contribution in [0, 0.1) is 0 Å². The number of ether oxygens (including phenoxy) is 1. The molecule has 146 valence electrons. The van der Waals surface area contributed by atoms with E-state index in [0.29, 0.717) is 17.0 Å². The molecule has 1 heterocycles. The van der Waals surface area contributed by atoms with Crippen molar-refractivity contribution >= 4 is 40.1 Å². The van der Waals surface area contributed by atoms with Crippen LogP contribution in [-0.4, -0.2) is 28.2 Å². The average Bonchev–Trinajstić information content (AvgIpc) is 3.06. The number of hydrogen-bond donors (Lipinski definition) is 2. The van der Waals surface area contributed by atoms with Crippen LogP contribution in [0.1, 0.15) is 23.0 Å². The third kappa shape index (κ3) is 4.09. The molecule has 0 saturated heterocycles. The van der Waals surface area contributed by atoms with E-state index in [4.69, 9.17) is 16.3 Å². The molecule has 0 aliphatic heterocycles. The SMILES string of the molecule is CC(OC(=O)c1n[nH]c2ccccc12)C(=O)Nc1ccc(Cl)c(C(F)(F)F)c1. The summed E-state index contributed by atoms with van der Waals surface area (Å²) in [6.45, 7) is 1.29. The van der Waals surface area contributed by atoms with Crippen LogP contribution in [0.4, 0.5) is 18.9 Å². The third-order valence-corrected chi connectivity index (χ3v) is 4.19. The van der Waals surface area contributed by atoms with E-state index >= 15 is 0 Å². The van der Waals surface area contributed by atoms with Crippen molar-refractivity contribution in [3.63, 3.8) is 0 Å². The normalized spacial score (nSPS) is 12.6. The van der Waals surface area contributed by atoms with Gasteiger partial charge in [-0.15, -0.1) is 0 Å². The van der Waals surface area contributed by atoms with E-state index in [1.54, 1.807) is 24.3 Å². The molecule has 1 amide bonds. The van der Waals surface area contributed by atoms with Gasteiger partial charge in [0, 0.05) is 11.1 Å². The number of para-hydroxylation sites is 1. The van der Waals surface area contributed by atoms with Gasteiger partial charge in [-0.25, -0.2) is 4.79 Å². The maximum absolute atomic E-state index is 12.9. The Bertz CT molecular complexity index is 1050. The number of nitrogens with one attached hydrogen (secondary N) is 2. The first kappa shape index (κ1) is 19.7. The molecule has 1 unspecified atom stereocenters. The number of amides is 1. The van der Waals surface area contributed by atoms with Crippen LogP contribution in [0.15, 0.2) is 42.5 Å². The number of carbonyl (C=O) groups is 2. The van der Waals surface area contributed by atoms with E-state index < -0.39 is 34.7 Å². The molecule has 0 bridgehead atoms. The van der Waals surface area contributed by atoms with Crippen molar-refractivity contribution in [2.45, 2.75) is 19.2 Å². The van der Waals surface area contributed by atoms with E-state index in [1.165, 1.54) is 13.0 Å². The van der Waals surface area contributed by atoms with Gasteiger partial charge in [-0.3, -0.25) is 9.89 Å². The zero-order chi connectivity index (χ0) is 20.5. The molecular formula is C18H13ClF3N3O3. The van der Waals surface area contributed by atoms with Crippen LogP contribution < -0.4 is 5.32 Å². The Balaban J connectivity index is 1.70. The Labute approximate surface area is 161 Å². The van der Waals surface area contributed by atoms with Crippen LogP contribution in [0.25, 0.3) is 10.9 Å². The summed E-state index contributed by atoms with van der Waals surface area (Å²) in [5.74, 6) is -1.64. The summed E-state index contributed by atoms with van der Waals surface area (Å²) in [4.78, 5) is 24.5. The minimum atomic E-state index is -4.67. The number of H-pyrrole nitrogens is 1. The molecular weight excluding hydrogens is 399 g/mol. The molecule has 3 aromatic rings.